The summed E-state index contributed by atoms with van der Waals surface area (Å²) in [5, 5.41) is 20.4. The Morgan fingerprint density at radius 1 is 1.05 bits per heavy atom. The Bertz CT molecular complexity index is 569. The summed E-state index contributed by atoms with van der Waals surface area (Å²) < 4.78 is 21.9. The van der Waals surface area contributed by atoms with E-state index in [0.717, 1.165) is 0 Å². The lowest BCUT2D eigenvalue weighted by molar-refractivity contribution is -0.530. The summed E-state index contributed by atoms with van der Waals surface area (Å²) in [5.74, 6) is -1.88. The quantitative estimate of drug-likeness (QED) is 0.731. The van der Waals surface area contributed by atoms with Gasteiger partial charge in [0.2, 0.25) is 0 Å². The van der Waals surface area contributed by atoms with Crippen molar-refractivity contribution in [3.8, 4) is 0 Å². The van der Waals surface area contributed by atoms with Gasteiger partial charge in [0, 0.05) is 6.92 Å². The van der Waals surface area contributed by atoms with Gasteiger partial charge in [0.15, 0.2) is 6.10 Å². The lowest BCUT2D eigenvalue weighted by Crippen LogP contribution is -2.78. The van der Waals surface area contributed by atoms with Crippen molar-refractivity contribution in [3.63, 3.8) is 0 Å². The normalized spacial score (nSPS) is 45.8. The molecule has 4 fully saturated rings. The lowest BCUT2D eigenvalue weighted by Gasteiger charge is -2.60. The maximum absolute atomic E-state index is 12.2. The van der Waals surface area contributed by atoms with Crippen molar-refractivity contribution in [2.75, 3.05) is 0 Å². The van der Waals surface area contributed by atoms with Crippen molar-refractivity contribution in [1.29, 1.82) is 0 Å². The molecule has 7 nitrogen and oxygen atoms in total. The van der Waals surface area contributed by atoms with Crippen LogP contribution in [-0.2, 0) is 18.9 Å². The number of ether oxygens (including phenoxy) is 4. The molecule has 5 rings (SSSR count). The fraction of sp³-hybridized carbons (Fsp3) is 0.533. The molecule has 7 atom stereocenters. The van der Waals surface area contributed by atoms with E-state index in [0.29, 0.717) is 5.56 Å². The molecule has 4 bridgehead atoms. The van der Waals surface area contributed by atoms with E-state index in [2.05, 4.69) is 0 Å². The summed E-state index contributed by atoms with van der Waals surface area (Å²) in [7, 11) is 0. The van der Waals surface area contributed by atoms with Gasteiger partial charge in [-0.15, -0.1) is 0 Å². The highest BCUT2D eigenvalue weighted by atomic mass is 16.9. The Morgan fingerprint density at radius 3 is 2.18 bits per heavy atom. The molecule has 0 aromatic heterocycles. The molecular weight excluding hydrogens is 292 g/mol. The Balaban J connectivity index is 1.59. The summed E-state index contributed by atoms with van der Waals surface area (Å²) in [4.78, 5) is 12.2. The van der Waals surface area contributed by atoms with Gasteiger partial charge in [-0.1, -0.05) is 18.2 Å². The zero-order valence-corrected chi connectivity index (χ0v) is 11.8. The van der Waals surface area contributed by atoms with Gasteiger partial charge < -0.3 is 29.2 Å². The number of aliphatic hydroxyl groups excluding tert-OH is 2. The van der Waals surface area contributed by atoms with Crippen LogP contribution in [0.25, 0.3) is 0 Å². The van der Waals surface area contributed by atoms with Crippen molar-refractivity contribution in [1.82, 2.24) is 0 Å². The van der Waals surface area contributed by atoms with E-state index in [1.165, 1.54) is 0 Å². The van der Waals surface area contributed by atoms with Gasteiger partial charge in [-0.25, -0.2) is 4.79 Å². The minimum Gasteiger partial charge on any atom is -0.453 e. The second-order valence-corrected chi connectivity index (χ2v) is 5.83. The number of hydrogen-bond donors (Lipinski definition) is 2. The molecule has 7 heteroatoms. The third kappa shape index (κ3) is 1.98. The van der Waals surface area contributed by atoms with E-state index in [9.17, 15) is 15.0 Å². The van der Waals surface area contributed by atoms with Crippen LogP contribution in [0.2, 0.25) is 0 Å². The first kappa shape index (κ1) is 14.1. The molecule has 4 aliphatic rings. The van der Waals surface area contributed by atoms with Crippen LogP contribution in [-0.4, -0.2) is 58.8 Å². The van der Waals surface area contributed by atoms with Gasteiger partial charge in [0.25, 0.3) is 5.97 Å². The van der Waals surface area contributed by atoms with Gasteiger partial charge >= 0.3 is 5.97 Å². The van der Waals surface area contributed by atoms with E-state index >= 15 is 0 Å². The minimum atomic E-state index is -1.33. The average molecular weight is 308 g/mol. The van der Waals surface area contributed by atoms with Crippen molar-refractivity contribution < 1.29 is 34.0 Å². The number of benzene rings is 1. The van der Waals surface area contributed by atoms with E-state index in [1.54, 1.807) is 37.3 Å². The molecule has 1 aromatic rings. The van der Waals surface area contributed by atoms with Crippen molar-refractivity contribution in [2.45, 2.75) is 49.5 Å². The van der Waals surface area contributed by atoms with Gasteiger partial charge in [0.05, 0.1) is 5.56 Å². The van der Waals surface area contributed by atoms with Gasteiger partial charge in [-0.3, -0.25) is 0 Å². The molecular formula is C15H16O7. The third-order valence-corrected chi connectivity index (χ3v) is 4.30. The van der Waals surface area contributed by atoms with Gasteiger partial charge in [-0.2, -0.15) is 0 Å². The number of rotatable bonds is 2. The van der Waals surface area contributed by atoms with E-state index < -0.39 is 48.6 Å². The van der Waals surface area contributed by atoms with Crippen LogP contribution in [0.5, 0.6) is 0 Å². The van der Waals surface area contributed by atoms with E-state index in [1.807, 2.05) is 0 Å². The number of carbonyl (C=O) groups excluding carboxylic acids is 1. The Morgan fingerprint density at radius 2 is 1.59 bits per heavy atom. The zero-order valence-electron chi connectivity index (χ0n) is 11.8. The fourth-order valence-corrected chi connectivity index (χ4v) is 3.29. The van der Waals surface area contributed by atoms with E-state index in [-0.39, 0.29) is 0 Å². The lowest BCUT2D eigenvalue weighted by atomic mass is 9.82. The molecule has 1 saturated carbocycles. The Labute approximate surface area is 126 Å². The van der Waals surface area contributed by atoms with Crippen LogP contribution in [0.15, 0.2) is 30.3 Å². The molecule has 0 spiro atoms. The first-order chi connectivity index (χ1) is 10.5. The maximum Gasteiger partial charge on any atom is 0.338 e. The Kier molecular flexibility index (Phi) is 3.04. The largest absolute Gasteiger partial charge is 0.453 e. The van der Waals surface area contributed by atoms with Crippen LogP contribution in [0.3, 0.4) is 0 Å². The third-order valence-electron chi connectivity index (χ3n) is 4.30. The smallest absolute Gasteiger partial charge is 0.338 e. The number of carbonyl (C=O) groups is 1. The maximum atomic E-state index is 12.2. The van der Waals surface area contributed by atoms with Crippen LogP contribution < -0.4 is 0 Å². The second kappa shape index (κ2) is 4.74. The molecule has 3 aliphatic heterocycles. The topological polar surface area (TPSA) is 94.5 Å². The summed E-state index contributed by atoms with van der Waals surface area (Å²) in [6, 6.07) is 8.48. The first-order valence-electron chi connectivity index (χ1n) is 7.14. The minimum absolute atomic E-state index is 0.378. The number of hydrogen-bond acceptors (Lipinski definition) is 7. The average Bonchev–Trinajstić information content (AvgIpc) is 2.52. The highest BCUT2D eigenvalue weighted by molar-refractivity contribution is 5.89. The summed E-state index contributed by atoms with van der Waals surface area (Å²) in [6.45, 7) is 1.56. The van der Waals surface area contributed by atoms with Crippen LogP contribution >= 0.6 is 0 Å². The Hall–Kier alpha value is -1.51. The summed E-state index contributed by atoms with van der Waals surface area (Å²) >= 11 is 0. The molecule has 3 saturated heterocycles. The number of esters is 1. The van der Waals surface area contributed by atoms with Crippen molar-refractivity contribution in [3.05, 3.63) is 35.9 Å². The predicted molar refractivity (Wildman–Crippen MR) is 70.7 cm³/mol. The molecule has 22 heavy (non-hydrogen) atoms. The molecule has 0 radical (unpaired) electrons. The molecule has 1 aliphatic carbocycles. The van der Waals surface area contributed by atoms with Gasteiger partial charge in [0.1, 0.15) is 30.5 Å². The SMILES string of the molecule is CC12OC3[C@H](O)[C@H](O1)C(OC(=O)c1ccccc1)[C@H](O2)[C@H]3O. The fourth-order valence-electron chi connectivity index (χ4n) is 3.29. The van der Waals surface area contributed by atoms with E-state index in [4.69, 9.17) is 18.9 Å². The molecule has 118 valence electrons. The van der Waals surface area contributed by atoms with Crippen LogP contribution in [0.4, 0.5) is 0 Å². The molecule has 3 unspecified atom stereocenters. The van der Waals surface area contributed by atoms with Crippen LogP contribution in [0, 0.1) is 0 Å². The zero-order chi connectivity index (χ0) is 15.5. The van der Waals surface area contributed by atoms with Crippen molar-refractivity contribution >= 4 is 5.97 Å². The first-order valence-corrected chi connectivity index (χ1v) is 7.14. The molecule has 0 amide bonds. The summed E-state index contributed by atoms with van der Waals surface area (Å²) in [5.41, 5.74) is 0.378. The van der Waals surface area contributed by atoms with Crippen molar-refractivity contribution in [2.24, 2.45) is 0 Å². The van der Waals surface area contributed by atoms with Gasteiger partial charge in [-0.05, 0) is 12.1 Å². The number of aliphatic hydroxyl groups is 2. The highest BCUT2D eigenvalue weighted by Gasteiger charge is 2.66. The standard InChI is InChI=1S/C15H16O7/c1-15-20-10-8(16)11(21-15)13(12(22-15)9(10)17)19-14(18)7-5-3-2-4-6-7/h2-6,8-13,16-17H,1H3/t8-,9-,10?,11-,12+,13?,15?/m0/s1. The molecule has 1 aromatic carbocycles. The molecule has 2 N–H and O–H groups in total. The second-order valence-electron chi connectivity index (χ2n) is 5.83. The predicted octanol–water partition coefficient (Wildman–Crippen LogP) is -0.196. The highest BCUT2D eigenvalue weighted by Crippen LogP contribution is 2.46. The van der Waals surface area contributed by atoms with Crippen LogP contribution in [0.1, 0.15) is 17.3 Å². The summed E-state index contributed by atoms with van der Waals surface area (Å²) in [6.07, 6.45) is -5.47. The monoisotopic (exact) mass is 308 g/mol. The molecule has 3 heterocycles.